The average Bonchev–Trinajstić information content (AvgIpc) is 1.88. The Hall–Kier alpha value is -0.570. The van der Waals surface area contributed by atoms with Crippen LogP contribution in [-0.2, 0) is 4.79 Å². The Balaban J connectivity index is 3.22. The molecule has 0 unspecified atom stereocenters. The first-order valence-electron chi connectivity index (χ1n) is 3.71. The van der Waals surface area contributed by atoms with E-state index in [2.05, 4.69) is 12.2 Å². The van der Waals surface area contributed by atoms with Crippen LogP contribution in [-0.4, -0.2) is 18.5 Å². The minimum atomic E-state index is -0.378. The number of carbonyl (C=O) groups is 1. The van der Waals surface area contributed by atoms with Gasteiger partial charge in [-0.3, -0.25) is 4.79 Å². The number of carbonyl (C=O) groups excluding carboxylic acids is 1. The number of hydrogen-bond acceptors (Lipinski definition) is 2. The van der Waals surface area contributed by atoms with Gasteiger partial charge < -0.3 is 11.1 Å². The maximum absolute atomic E-state index is 10.8. The van der Waals surface area contributed by atoms with Crippen LogP contribution in [0.2, 0.25) is 0 Å². The molecule has 0 fully saturated rings. The van der Waals surface area contributed by atoms with Gasteiger partial charge in [-0.1, -0.05) is 13.3 Å². The van der Waals surface area contributed by atoms with Crippen LogP contribution in [0.15, 0.2) is 0 Å². The van der Waals surface area contributed by atoms with Crippen LogP contribution in [0.1, 0.15) is 26.7 Å². The molecule has 0 spiro atoms. The lowest BCUT2D eigenvalue weighted by atomic mass is 10.3. The van der Waals surface area contributed by atoms with Crippen molar-refractivity contribution < 1.29 is 4.79 Å². The number of nitrogens with one attached hydrogen (secondary N) is 1. The second kappa shape index (κ2) is 5.23. The van der Waals surface area contributed by atoms with Crippen LogP contribution in [0, 0.1) is 0 Å². The van der Waals surface area contributed by atoms with E-state index in [9.17, 15) is 4.79 Å². The Morgan fingerprint density at radius 2 is 2.30 bits per heavy atom. The summed E-state index contributed by atoms with van der Waals surface area (Å²) in [6, 6.07) is -0.378. The molecule has 1 amide bonds. The zero-order chi connectivity index (χ0) is 7.98. The first kappa shape index (κ1) is 9.43. The van der Waals surface area contributed by atoms with Crippen LogP contribution >= 0.6 is 0 Å². The van der Waals surface area contributed by atoms with Gasteiger partial charge in [-0.25, -0.2) is 0 Å². The summed E-state index contributed by atoms with van der Waals surface area (Å²) < 4.78 is 0. The lowest BCUT2D eigenvalue weighted by Crippen LogP contribution is -2.38. The van der Waals surface area contributed by atoms with Crippen LogP contribution < -0.4 is 11.1 Å². The third kappa shape index (κ3) is 4.32. The molecule has 0 aromatic heterocycles. The first-order chi connectivity index (χ1) is 4.68. The summed E-state index contributed by atoms with van der Waals surface area (Å²) in [6.07, 6.45) is 2.12. The van der Waals surface area contributed by atoms with Gasteiger partial charge in [-0.2, -0.15) is 0 Å². The monoisotopic (exact) mass is 144 g/mol. The predicted molar refractivity (Wildman–Crippen MR) is 41.6 cm³/mol. The largest absolute Gasteiger partial charge is 0.355 e. The molecule has 0 aromatic carbocycles. The van der Waals surface area contributed by atoms with Crippen molar-refractivity contribution in [1.82, 2.24) is 5.32 Å². The van der Waals surface area contributed by atoms with Crippen molar-refractivity contribution in [3.8, 4) is 0 Å². The SMILES string of the molecule is CCCCNC(=O)[C@@H](C)N. The van der Waals surface area contributed by atoms with Gasteiger partial charge in [-0.05, 0) is 13.3 Å². The van der Waals surface area contributed by atoms with Crippen LogP contribution in [0.25, 0.3) is 0 Å². The van der Waals surface area contributed by atoms with Gasteiger partial charge in [-0.15, -0.1) is 0 Å². The van der Waals surface area contributed by atoms with Gasteiger partial charge in [0, 0.05) is 6.54 Å². The normalized spacial score (nSPS) is 12.7. The summed E-state index contributed by atoms with van der Waals surface area (Å²) in [5.41, 5.74) is 5.31. The summed E-state index contributed by atoms with van der Waals surface area (Å²) >= 11 is 0. The van der Waals surface area contributed by atoms with Gasteiger partial charge in [0.1, 0.15) is 0 Å². The molecule has 1 atom stereocenters. The van der Waals surface area contributed by atoms with Crippen LogP contribution in [0.3, 0.4) is 0 Å². The molecule has 3 N–H and O–H groups in total. The fourth-order valence-corrected chi connectivity index (χ4v) is 0.549. The van der Waals surface area contributed by atoms with Gasteiger partial charge in [0.2, 0.25) is 5.91 Å². The van der Waals surface area contributed by atoms with E-state index in [0.29, 0.717) is 0 Å². The number of nitrogens with two attached hydrogens (primary N) is 1. The van der Waals surface area contributed by atoms with Gasteiger partial charge >= 0.3 is 0 Å². The summed E-state index contributed by atoms with van der Waals surface area (Å²) in [5, 5.41) is 2.72. The summed E-state index contributed by atoms with van der Waals surface area (Å²) in [7, 11) is 0. The molecule has 0 rings (SSSR count). The van der Waals surface area contributed by atoms with E-state index in [0.717, 1.165) is 19.4 Å². The molecular weight excluding hydrogens is 128 g/mol. The Kier molecular flexibility index (Phi) is 4.94. The molecule has 0 bridgehead atoms. The molecule has 3 nitrogen and oxygen atoms in total. The minimum absolute atomic E-state index is 0.0616. The number of amides is 1. The highest BCUT2D eigenvalue weighted by Crippen LogP contribution is 1.83. The van der Waals surface area contributed by atoms with Crippen molar-refractivity contribution in [2.75, 3.05) is 6.54 Å². The molecule has 0 aliphatic carbocycles. The molecule has 0 saturated heterocycles. The van der Waals surface area contributed by atoms with E-state index >= 15 is 0 Å². The Morgan fingerprint density at radius 1 is 1.70 bits per heavy atom. The van der Waals surface area contributed by atoms with Crippen molar-refractivity contribution in [1.29, 1.82) is 0 Å². The fourth-order valence-electron chi connectivity index (χ4n) is 0.549. The third-order valence-corrected chi connectivity index (χ3v) is 1.24. The molecular formula is C7H16N2O. The second-order valence-corrected chi connectivity index (χ2v) is 2.43. The van der Waals surface area contributed by atoms with Crippen molar-refractivity contribution in [2.45, 2.75) is 32.7 Å². The number of unbranched alkanes of at least 4 members (excludes halogenated alkanes) is 1. The lowest BCUT2D eigenvalue weighted by molar-refractivity contribution is -0.121. The minimum Gasteiger partial charge on any atom is -0.355 e. The first-order valence-corrected chi connectivity index (χ1v) is 3.71. The second-order valence-electron chi connectivity index (χ2n) is 2.43. The Morgan fingerprint density at radius 3 is 2.70 bits per heavy atom. The predicted octanol–water partition coefficient (Wildman–Crippen LogP) is 0.250. The van der Waals surface area contributed by atoms with E-state index in [1.54, 1.807) is 6.92 Å². The van der Waals surface area contributed by atoms with Gasteiger partial charge in [0.05, 0.1) is 6.04 Å². The maximum Gasteiger partial charge on any atom is 0.236 e. The van der Waals surface area contributed by atoms with Crippen LogP contribution in [0.5, 0.6) is 0 Å². The smallest absolute Gasteiger partial charge is 0.236 e. The van der Waals surface area contributed by atoms with Crippen molar-refractivity contribution in [2.24, 2.45) is 5.73 Å². The highest BCUT2D eigenvalue weighted by Gasteiger charge is 2.03. The lowest BCUT2D eigenvalue weighted by Gasteiger charge is -2.05. The molecule has 10 heavy (non-hydrogen) atoms. The average molecular weight is 144 g/mol. The van der Waals surface area contributed by atoms with E-state index in [1.807, 2.05) is 0 Å². The van der Waals surface area contributed by atoms with Crippen molar-refractivity contribution in [3.63, 3.8) is 0 Å². The zero-order valence-electron chi connectivity index (χ0n) is 6.68. The quantitative estimate of drug-likeness (QED) is 0.556. The zero-order valence-corrected chi connectivity index (χ0v) is 6.68. The number of rotatable bonds is 4. The molecule has 0 aromatic rings. The molecule has 0 saturated carbocycles. The molecule has 0 aliphatic heterocycles. The molecule has 0 heterocycles. The fraction of sp³-hybridized carbons (Fsp3) is 0.857. The third-order valence-electron chi connectivity index (χ3n) is 1.24. The summed E-state index contributed by atoms with van der Waals surface area (Å²) in [6.45, 7) is 4.51. The van der Waals surface area contributed by atoms with Crippen molar-refractivity contribution >= 4 is 5.91 Å². The standard InChI is InChI=1S/C7H16N2O/c1-3-4-5-9-7(10)6(2)8/h6H,3-5,8H2,1-2H3,(H,9,10)/t6-/m1/s1. The van der Waals surface area contributed by atoms with Gasteiger partial charge in [0.15, 0.2) is 0 Å². The van der Waals surface area contributed by atoms with E-state index in [-0.39, 0.29) is 11.9 Å². The topological polar surface area (TPSA) is 55.1 Å². The molecule has 0 radical (unpaired) electrons. The van der Waals surface area contributed by atoms with Gasteiger partial charge in [0.25, 0.3) is 0 Å². The highest BCUT2D eigenvalue weighted by atomic mass is 16.2. The summed E-state index contributed by atoms with van der Waals surface area (Å²) in [4.78, 5) is 10.8. The number of hydrogen-bond donors (Lipinski definition) is 2. The molecule has 0 aliphatic rings. The maximum atomic E-state index is 10.8. The highest BCUT2D eigenvalue weighted by molar-refractivity contribution is 5.80. The Labute approximate surface area is 62.0 Å². The Bertz CT molecular complexity index is 102. The molecule has 3 heteroatoms. The summed E-state index contributed by atoms with van der Waals surface area (Å²) in [5.74, 6) is -0.0616. The van der Waals surface area contributed by atoms with Crippen molar-refractivity contribution in [3.05, 3.63) is 0 Å². The van der Waals surface area contributed by atoms with E-state index in [1.165, 1.54) is 0 Å². The van der Waals surface area contributed by atoms with Crippen LogP contribution in [0.4, 0.5) is 0 Å². The van der Waals surface area contributed by atoms with E-state index in [4.69, 9.17) is 5.73 Å². The molecule has 60 valence electrons. The van der Waals surface area contributed by atoms with E-state index < -0.39 is 0 Å².